The van der Waals surface area contributed by atoms with Crippen molar-refractivity contribution in [3.8, 4) is 0 Å². The van der Waals surface area contributed by atoms with Crippen LogP contribution >= 0.6 is 0 Å². The number of aryl methyl sites for hydroxylation is 1. The molecule has 0 atom stereocenters. The van der Waals surface area contributed by atoms with Crippen molar-refractivity contribution in [1.82, 2.24) is 14.8 Å². The molecule has 0 unspecified atom stereocenters. The van der Waals surface area contributed by atoms with Crippen LogP contribution in [0.4, 0.5) is 4.79 Å². The summed E-state index contributed by atoms with van der Waals surface area (Å²) >= 11 is 0. The number of aromatic nitrogens is 1. The third kappa shape index (κ3) is 3.96. The molecule has 0 spiro atoms. The second-order valence-electron chi connectivity index (χ2n) is 8.00. The van der Waals surface area contributed by atoms with Crippen LogP contribution in [0.1, 0.15) is 22.5 Å². The Bertz CT molecular complexity index is 1400. The highest BCUT2D eigenvalue weighted by atomic mass is 16.3. The molecule has 4 amide bonds. The lowest BCUT2D eigenvalue weighted by atomic mass is 10.1. The Kier molecular flexibility index (Phi) is 5.14. The highest BCUT2D eigenvalue weighted by molar-refractivity contribution is 6.31. The van der Waals surface area contributed by atoms with Gasteiger partial charge < -0.3 is 8.98 Å². The normalized spacial score (nSPS) is 15.5. The number of benzene rings is 2. The van der Waals surface area contributed by atoms with E-state index >= 15 is 0 Å². The van der Waals surface area contributed by atoms with Gasteiger partial charge in [0.15, 0.2) is 0 Å². The van der Waals surface area contributed by atoms with Crippen LogP contribution in [0.2, 0.25) is 0 Å². The average Bonchev–Trinajstić information content (AvgIpc) is 3.44. The summed E-state index contributed by atoms with van der Waals surface area (Å²) in [6.45, 7) is 2.63. The maximum atomic E-state index is 13.1. The number of nitrogens with zero attached hydrogens (tertiary/aromatic N) is 2. The van der Waals surface area contributed by atoms with Gasteiger partial charge >= 0.3 is 6.03 Å². The van der Waals surface area contributed by atoms with E-state index in [1.165, 1.54) is 11.8 Å². The zero-order chi connectivity index (χ0) is 22.9. The summed E-state index contributed by atoms with van der Waals surface area (Å²) in [5, 5.41) is 3.16. The summed E-state index contributed by atoms with van der Waals surface area (Å²) in [4.78, 5) is 38.9. The van der Waals surface area contributed by atoms with E-state index in [1.54, 1.807) is 18.2 Å². The second kappa shape index (κ2) is 8.27. The number of imide groups is 2. The van der Waals surface area contributed by atoms with Gasteiger partial charge in [-0.25, -0.2) is 4.79 Å². The van der Waals surface area contributed by atoms with Crippen molar-refractivity contribution >= 4 is 34.8 Å². The molecule has 3 heterocycles. The Morgan fingerprint density at radius 3 is 2.48 bits per heavy atom. The van der Waals surface area contributed by atoms with E-state index in [9.17, 15) is 14.4 Å². The molecule has 4 aromatic rings. The van der Waals surface area contributed by atoms with Crippen molar-refractivity contribution in [2.24, 2.45) is 0 Å². The van der Waals surface area contributed by atoms with Crippen LogP contribution in [-0.4, -0.2) is 27.3 Å². The molecule has 164 valence electrons. The summed E-state index contributed by atoms with van der Waals surface area (Å²) in [5.41, 5.74) is 3.94. The SMILES string of the molecule is Cc1ccc(Cn2cc(/C=C3\C(=O)NC(=O)N(Cc4ccco4)C3=O)c3ccccc32)cc1. The lowest BCUT2D eigenvalue weighted by Gasteiger charge is -2.25. The van der Waals surface area contributed by atoms with Crippen LogP contribution in [0.5, 0.6) is 0 Å². The van der Waals surface area contributed by atoms with Crippen LogP contribution in [0, 0.1) is 6.92 Å². The fraction of sp³-hybridized carbons (Fsp3) is 0.115. The van der Waals surface area contributed by atoms with Gasteiger partial charge in [-0.1, -0.05) is 48.0 Å². The van der Waals surface area contributed by atoms with Crippen molar-refractivity contribution in [1.29, 1.82) is 0 Å². The van der Waals surface area contributed by atoms with Gasteiger partial charge in [-0.15, -0.1) is 0 Å². The molecule has 1 aliphatic rings. The molecule has 2 aromatic carbocycles. The number of hydrogen-bond donors (Lipinski definition) is 1. The fourth-order valence-corrected chi connectivity index (χ4v) is 3.96. The Labute approximate surface area is 189 Å². The molecule has 0 aliphatic carbocycles. The number of rotatable bonds is 5. The molecule has 1 aliphatic heterocycles. The number of nitrogens with one attached hydrogen (secondary N) is 1. The number of amides is 4. The largest absolute Gasteiger partial charge is 0.467 e. The third-order valence-corrected chi connectivity index (χ3v) is 5.67. The molecule has 0 saturated carbocycles. The number of carbonyl (C=O) groups excluding carboxylic acids is 3. The van der Waals surface area contributed by atoms with E-state index < -0.39 is 17.8 Å². The van der Waals surface area contributed by atoms with Crippen LogP contribution in [0.3, 0.4) is 0 Å². The predicted octanol–water partition coefficient (Wildman–Crippen LogP) is 4.25. The summed E-state index contributed by atoms with van der Waals surface area (Å²) in [7, 11) is 0. The van der Waals surface area contributed by atoms with Gasteiger partial charge in [0, 0.05) is 29.2 Å². The van der Waals surface area contributed by atoms with Crippen LogP contribution in [0.15, 0.2) is 83.1 Å². The molecule has 1 N–H and O–H groups in total. The molecular formula is C26H21N3O4. The Hall–Kier alpha value is -4.39. The van der Waals surface area contributed by atoms with Gasteiger partial charge in [-0.05, 0) is 36.8 Å². The third-order valence-electron chi connectivity index (χ3n) is 5.67. The first-order valence-electron chi connectivity index (χ1n) is 10.5. The topological polar surface area (TPSA) is 84.6 Å². The smallest absolute Gasteiger partial charge is 0.331 e. The Morgan fingerprint density at radius 1 is 0.939 bits per heavy atom. The maximum Gasteiger partial charge on any atom is 0.331 e. The van der Waals surface area contributed by atoms with E-state index in [1.807, 2.05) is 37.4 Å². The average molecular weight is 439 g/mol. The minimum Gasteiger partial charge on any atom is -0.467 e. The van der Waals surface area contributed by atoms with E-state index in [-0.39, 0.29) is 12.1 Å². The molecular weight excluding hydrogens is 418 g/mol. The van der Waals surface area contributed by atoms with Crippen LogP contribution in [0.25, 0.3) is 17.0 Å². The monoisotopic (exact) mass is 439 g/mol. The molecule has 33 heavy (non-hydrogen) atoms. The minimum absolute atomic E-state index is 0.0581. The zero-order valence-corrected chi connectivity index (χ0v) is 17.9. The maximum absolute atomic E-state index is 13.1. The minimum atomic E-state index is -0.764. The molecule has 0 bridgehead atoms. The Morgan fingerprint density at radius 2 is 1.73 bits per heavy atom. The van der Waals surface area contributed by atoms with E-state index in [2.05, 4.69) is 34.1 Å². The Balaban J connectivity index is 1.52. The summed E-state index contributed by atoms with van der Waals surface area (Å²) < 4.78 is 7.34. The van der Waals surface area contributed by atoms with Crippen LogP contribution in [-0.2, 0) is 22.7 Å². The second-order valence-corrected chi connectivity index (χ2v) is 8.00. The first kappa shape index (κ1) is 20.5. The molecule has 1 fully saturated rings. The fourth-order valence-electron chi connectivity index (χ4n) is 3.96. The summed E-state index contributed by atoms with van der Waals surface area (Å²) in [6.07, 6.45) is 4.94. The van der Waals surface area contributed by atoms with Gasteiger partial charge in [0.05, 0.1) is 12.8 Å². The van der Waals surface area contributed by atoms with Gasteiger partial charge in [0.25, 0.3) is 11.8 Å². The molecule has 2 aromatic heterocycles. The summed E-state index contributed by atoms with van der Waals surface area (Å²) in [6, 6.07) is 18.7. The van der Waals surface area contributed by atoms with Crippen molar-refractivity contribution < 1.29 is 18.8 Å². The first-order valence-corrected chi connectivity index (χ1v) is 10.5. The molecule has 0 radical (unpaired) electrons. The number of furan rings is 1. The molecule has 1 saturated heterocycles. The zero-order valence-electron chi connectivity index (χ0n) is 17.9. The molecule has 7 nitrogen and oxygen atoms in total. The highest BCUT2D eigenvalue weighted by Crippen LogP contribution is 2.26. The van der Waals surface area contributed by atoms with Crippen molar-refractivity contribution in [3.63, 3.8) is 0 Å². The van der Waals surface area contributed by atoms with Gasteiger partial charge in [0.1, 0.15) is 11.3 Å². The van der Waals surface area contributed by atoms with Gasteiger partial charge in [-0.3, -0.25) is 19.8 Å². The molecule has 5 rings (SSSR count). The van der Waals surface area contributed by atoms with Crippen molar-refractivity contribution in [2.75, 3.05) is 0 Å². The number of hydrogen-bond acceptors (Lipinski definition) is 4. The number of barbiturate groups is 1. The van der Waals surface area contributed by atoms with Crippen LogP contribution < -0.4 is 5.32 Å². The quantitative estimate of drug-likeness (QED) is 0.372. The number of fused-ring (bicyclic) bond motifs is 1. The number of urea groups is 1. The summed E-state index contributed by atoms with van der Waals surface area (Å²) in [5.74, 6) is -0.923. The highest BCUT2D eigenvalue weighted by Gasteiger charge is 2.36. The number of para-hydroxylation sites is 1. The van der Waals surface area contributed by atoms with E-state index in [0.717, 1.165) is 26.9 Å². The standard InChI is InChI=1S/C26H21N3O4/c1-17-8-10-18(11-9-17)14-28-15-19(21-6-2-3-7-23(21)28)13-22-24(30)27-26(32)29(25(22)31)16-20-5-4-12-33-20/h2-13,15H,14,16H2,1H3,(H,27,30,32)/b22-13+. The lowest BCUT2D eigenvalue weighted by Crippen LogP contribution is -2.53. The van der Waals surface area contributed by atoms with Crippen molar-refractivity contribution in [3.05, 3.63) is 101 Å². The number of carbonyl (C=O) groups is 3. The predicted molar refractivity (Wildman–Crippen MR) is 123 cm³/mol. The van der Waals surface area contributed by atoms with Crippen molar-refractivity contribution in [2.45, 2.75) is 20.0 Å². The van der Waals surface area contributed by atoms with Gasteiger partial charge in [0.2, 0.25) is 0 Å². The van der Waals surface area contributed by atoms with E-state index in [4.69, 9.17) is 4.42 Å². The van der Waals surface area contributed by atoms with E-state index in [0.29, 0.717) is 12.3 Å². The lowest BCUT2D eigenvalue weighted by molar-refractivity contribution is -0.130. The molecule has 7 heteroatoms. The first-order chi connectivity index (χ1) is 16.0. The van der Waals surface area contributed by atoms with Gasteiger partial charge in [-0.2, -0.15) is 0 Å².